The van der Waals surface area contributed by atoms with E-state index in [1.54, 1.807) is 39.8 Å². The summed E-state index contributed by atoms with van der Waals surface area (Å²) in [5, 5.41) is 0. The van der Waals surface area contributed by atoms with Gasteiger partial charge in [-0.15, -0.1) is 11.3 Å². The highest BCUT2D eigenvalue weighted by Crippen LogP contribution is 2.32. The summed E-state index contributed by atoms with van der Waals surface area (Å²) in [5.41, 5.74) is -0.773. The maximum atomic E-state index is 12.7. The minimum absolute atomic E-state index is 0.185. The molecule has 0 aliphatic rings. The van der Waals surface area contributed by atoms with Gasteiger partial charge in [0.2, 0.25) is 0 Å². The lowest BCUT2D eigenvalue weighted by molar-refractivity contribution is -0.154. The van der Waals surface area contributed by atoms with Crippen LogP contribution >= 0.6 is 23.1 Å². The first-order valence-corrected chi connectivity index (χ1v) is 9.02. The van der Waals surface area contributed by atoms with Crippen molar-refractivity contribution in [3.63, 3.8) is 0 Å². The molecule has 0 saturated heterocycles. The van der Waals surface area contributed by atoms with Crippen LogP contribution in [0.1, 0.15) is 30.4 Å². The van der Waals surface area contributed by atoms with Gasteiger partial charge in [0.25, 0.3) is 5.78 Å². The number of thiazole rings is 1. The average molecular weight is 368 g/mol. The molecule has 1 unspecified atom stereocenters. The fraction of sp³-hybridized carbons (Fsp3) is 0.533. The fourth-order valence-electron chi connectivity index (χ4n) is 1.50. The van der Waals surface area contributed by atoms with Crippen molar-refractivity contribution in [3.8, 4) is 0 Å². The number of aromatic nitrogens is 1. The van der Waals surface area contributed by atoms with Gasteiger partial charge in [-0.1, -0.05) is 11.8 Å². The number of thioether (sulfide) groups is 1. The van der Waals surface area contributed by atoms with Gasteiger partial charge in [0.05, 0.1) is 6.34 Å². The molecule has 0 N–H and O–H groups in total. The lowest BCUT2D eigenvalue weighted by Gasteiger charge is -2.19. The molecule has 1 aromatic heterocycles. The van der Waals surface area contributed by atoms with Crippen LogP contribution in [0.5, 0.6) is 0 Å². The van der Waals surface area contributed by atoms with Crippen LogP contribution in [0.15, 0.2) is 9.33 Å². The lowest BCUT2D eigenvalue weighted by Crippen LogP contribution is -2.34. The van der Waals surface area contributed by atoms with E-state index in [9.17, 15) is 9.59 Å². The van der Waals surface area contributed by atoms with Gasteiger partial charge in [-0.25, -0.2) is 21.3 Å². The zero-order chi connectivity index (χ0) is 18.5. The standard InChI is InChI=1S/C15H20N4O3S2/c1-15(2,3)22-13(21)9(16-4)10(20)11-12(17-8-19(5)6)18-14(23-7)24-11/h8-9H,1-3,5-7H3. The van der Waals surface area contributed by atoms with Crippen molar-refractivity contribution in [3.05, 3.63) is 16.3 Å². The first-order valence-electron chi connectivity index (χ1n) is 6.98. The molecule has 0 fully saturated rings. The maximum Gasteiger partial charge on any atom is 0.399 e. The smallest absolute Gasteiger partial charge is 0.399 e. The molecule has 1 rings (SSSR count). The number of carbonyl (C=O) groups is 2. The summed E-state index contributed by atoms with van der Waals surface area (Å²) in [6, 6.07) is -1.55. The van der Waals surface area contributed by atoms with Gasteiger partial charge >= 0.3 is 12.0 Å². The van der Waals surface area contributed by atoms with Crippen LogP contribution in [0.2, 0.25) is 0 Å². The minimum Gasteiger partial charge on any atom is -0.454 e. The van der Waals surface area contributed by atoms with Gasteiger partial charge in [0, 0.05) is 14.1 Å². The summed E-state index contributed by atoms with van der Waals surface area (Å²) in [7, 11) is 3.57. The molecule has 0 spiro atoms. The maximum absolute atomic E-state index is 12.7. The molecule has 0 aliphatic heterocycles. The third kappa shape index (κ3) is 5.62. The topological polar surface area (TPSA) is 76.2 Å². The van der Waals surface area contributed by atoms with Crippen LogP contribution in [0.25, 0.3) is 4.85 Å². The molecule has 1 atom stereocenters. The Hall–Kier alpha value is -1.92. The second kappa shape index (κ2) is 8.26. The molecule has 7 nitrogen and oxygen atoms in total. The number of ketones is 1. The summed E-state index contributed by atoms with van der Waals surface area (Å²) < 4.78 is 5.80. The summed E-state index contributed by atoms with van der Waals surface area (Å²) in [5.74, 6) is -1.28. The molecule has 0 saturated carbocycles. The van der Waals surface area contributed by atoms with Crippen molar-refractivity contribution >= 4 is 47.0 Å². The van der Waals surface area contributed by atoms with Crippen molar-refractivity contribution in [1.29, 1.82) is 0 Å². The van der Waals surface area contributed by atoms with Crippen LogP contribution in [0.3, 0.4) is 0 Å². The molecular weight excluding hydrogens is 348 g/mol. The number of nitrogens with zero attached hydrogens (tertiary/aromatic N) is 4. The molecule has 0 radical (unpaired) electrons. The zero-order valence-corrected chi connectivity index (χ0v) is 16.1. The highest BCUT2D eigenvalue weighted by atomic mass is 32.2. The highest BCUT2D eigenvalue weighted by Gasteiger charge is 2.39. The van der Waals surface area contributed by atoms with Crippen molar-refractivity contribution < 1.29 is 14.3 Å². The van der Waals surface area contributed by atoms with Crippen molar-refractivity contribution in [2.45, 2.75) is 36.8 Å². The van der Waals surface area contributed by atoms with Crippen LogP contribution in [-0.2, 0) is 9.53 Å². The Morgan fingerprint density at radius 2 is 2.08 bits per heavy atom. The van der Waals surface area contributed by atoms with E-state index >= 15 is 0 Å². The van der Waals surface area contributed by atoms with E-state index in [1.807, 2.05) is 6.26 Å². The third-order valence-electron chi connectivity index (χ3n) is 2.41. The van der Waals surface area contributed by atoms with Gasteiger partial charge in [0.15, 0.2) is 10.2 Å². The Bertz CT molecular complexity index is 684. The van der Waals surface area contributed by atoms with Gasteiger partial charge in [-0.05, 0) is 27.0 Å². The van der Waals surface area contributed by atoms with E-state index < -0.39 is 23.4 Å². The predicted molar refractivity (Wildman–Crippen MR) is 96.3 cm³/mol. The monoisotopic (exact) mass is 368 g/mol. The highest BCUT2D eigenvalue weighted by molar-refractivity contribution is 8.00. The van der Waals surface area contributed by atoms with Crippen LogP contribution in [-0.4, -0.2) is 60.0 Å². The zero-order valence-electron chi connectivity index (χ0n) is 14.5. The normalized spacial score (nSPS) is 12.7. The van der Waals surface area contributed by atoms with E-state index in [2.05, 4.69) is 14.8 Å². The van der Waals surface area contributed by atoms with Crippen LogP contribution < -0.4 is 0 Å². The first kappa shape index (κ1) is 20.1. The summed E-state index contributed by atoms with van der Waals surface area (Å²) in [6.45, 7) is 12.3. The number of Topliss-reactive ketones (excluding diaryl/α,β-unsaturated/α-hetero) is 1. The van der Waals surface area contributed by atoms with E-state index in [0.717, 1.165) is 11.3 Å². The first-order chi connectivity index (χ1) is 11.1. The molecule has 130 valence electrons. The van der Waals surface area contributed by atoms with Gasteiger partial charge in [-0.3, -0.25) is 9.64 Å². The van der Waals surface area contributed by atoms with Crippen LogP contribution in [0.4, 0.5) is 5.82 Å². The number of ether oxygens (including phenoxy) is 1. The van der Waals surface area contributed by atoms with Crippen molar-refractivity contribution in [2.75, 3.05) is 20.4 Å². The molecule has 24 heavy (non-hydrogen) atoms. The minimum atomic E-state index is -1.55. The molecule has 0 aliphatic carbocycles. The quantitative estimate of drug-likeness (QED) is 0.146. The van der Waals surface area contributed by atoms with E-state index in [1.165, 1.54) is 18.1 Å². The van der Waals surface area contributed by atoms with Crippen molar-refractivity contribution in [2.24, 2.45) is 4.99 Å². The number of hydrogen-bond donors (Lipinski definition) is 0. The summed E-state index contributed by atoms with van der Waals surface area (Å²) >= 11 is 2.48. The number of hydrogen-bond acceptors (Lipinski definition) is 7. The van der Waals surface area contributed by atoms with Gasteiger partial charge in [0.1, 0.15) is 10.5 Å². The number of esters is 1. The molecule has 0 bridgehead atoms. The lowest BCUT2D eigenvalue weighted by atomic mass is 10.1. The Kier molecular flexibility index (Phi) is 6.93. The Morgan fingerprint density at radius 1 is 1.46 bits per heavy atom. The predicted octanol–water partition coefficient (Wildman–Crippen LogP) is 2.90. The Morgan fingerprint density at radius 3 is 2.54 bits per heavy atom. The molecular formula is C15H20N4O3S2. The number of carbonyl (C=O) groups excluding carboxylic acids is 2. The number of aliphatic imine (C=N–C) groups is 1. The number of rotatable bonds is 6. The second-order valence-corrected chi connectivity index (χ2v) is 8.03. The average Bonchev–Trinajstić information content (AvgIpc) is 2.87. The molecule has 0 aromatic carbocycles. The molecule has 9 heteroatoms. The molecule has 1 aromatic rings. The van der Waals surface area contributed by atoms with Crippen molar-refractivity contribution in [1.82, 2.24) is 9.88 Å². The van der Waals surface area contributed by atoms with E-state index in [-0.39, 0.29) is 10.7 Å². The van der Waals surface area contributed by atoms with Crippen LogP contribution in [0, 0.1) is 6.57 Å². The van der Waals surface area contributed by atoms with E-state index in [0.29, 0.717) is 4.34 Å². The fourth-order valence-corrected chi connectivity index (χ4v) is 2.97. The second-order valence-electron chi connectivity index (χ2n) is 5.97. The largest absolute Gasteiger partial charge is 0.454 e. The summed E-state index contributed by atoms with van der Waals surface area (Å²) in [4.78, 5) is 38.2. The Labute approximate surface area is 149 Å². The summed E-state index contributed by atoms with van der Waals surface area (Å²) in [6.07, 6.45) is 3.34. The van der Waals surface area contributed by atoms with E-state index in [4.69, 9.17) is 11.3 Å². The molecule has 1 heterocycles. The third-order valence-corrected chi connectivity index (χ3v) is 4.45. The van der Waals surface area contributed by atoms with Gasteiger partial charge < -0.3 is 9.64 Å². The Balaban J connectivity index is 3.18. The molecule has 0 amide bonds. The SMILES string of the molecule is [C-]#[N+]C(C(=O)OC(C)(C)C)C(=O)c1sc(SC)nc1N=CN(C)C. The van der Waals surface area contributed by atoms with Gasteiger partial charge in [-0.2, -0.15) is 0 Å².